The number of rotatable bonds is 4. The summed E-state index contributed by atoms with van der Waals surface area (Å²) in [6.45, 7) is 5.72. The molecule has 4 heteroatoms. The van der Waals surface area contributed by atoms with Gasteiger partial charge in [0.2, 0.25) is 0 Å². The van der Waals surface area contributed by atoms with Crippen molar-refractivity contribution < 1.29 is 14.9 Å². The minimum Gasteiger partial charge on any atom is -0.378 e. The van der Waals surface area contributed by atoms with Gasteiger partial charge in [-0.1, -0.05) is 6.92 Å². The van der Waals surface area contributed by atoms with E-state index in [1.165, 1.54) is 0 Å². The molecular formula is C10H21NO3. The van der Waals surface area contributed by atoms with Crippen molar-refractivity contribution in [3.05, 3.63) is 0 Å². The first kappa shape index (κ1) is 11.9. The van der Waals surface area contributed by atoms with Crippen molar-refractivity contribution >= 4 is 0 Å². The Labute approximate surface area is 85.3 Å². The maximum atomic E-state index is 9.56. The van der Waals surface area contributed by atoms with Crippen molar-refractivity contribution in [3.63, 3.8) is 0 Å². The lowest BCUT2D eigenvalue weighted by Crippen LogP contribution is -2.36. The third-order valence-corrected chi connectivity index (χ3v) is 2.60. The standard InChI is InChI=1S/C10H21NO3/c1-4-7-5-8(11-9(7)12)6-14-10(2,3)13/h7-9,11-13H,4-6H2,1-3H3. The Morgan fingerprint density at radius 2 is 2.14 bits per heavy atom. The zero-order valence-corrected chi connectivity index (χ0v) is 9.16. The van der Waals surface area contributed by atoms with Crippen molar-refractivity contribution in [1.82, 2.24) is 5.32 Å². The van der Waals surface area contributed by atoms with Gasteiger partial charge in [0, 0.05) is 6.04 Å². The molecule has 1 rings (SSSR count). The van der Waals surface area contributed by atoms with Gasteiger partial charge in [0.15, 0.2) is 5.79 Å². The lowest BCUT2D eigenvalue weighted by molar-refractivity contribution is -0.179. The van der Waals surface area contributed by atoms with Crippen molar-refractivity contribution in [2.45, 2.75) is 51.7 Å². The number of aliphatic hydroxyl groups is 2. The maximum Gasteiger partial charge on any atom is 0.159 e. The van der Waals surface area contributed by atoms with Crippen LogP contribution in [0, 0.1) is 5.92 Å². The van der Waals surface area contributed by atoms with Crippen LogP contribution in [0.15, 0.2) is 0 Å². The van der Waals surface area contributed by atoms with Crippen LogP contribution in [0.5, 0.6) is 0 Å². The summed E-state index contributed by atoms with van der Waals surface area (Å²) in [6, 6.07) is 0.154. The summed E-state index contributed by atoms with van der Waals surface area (Å²) in [4.78, 5) is 0. The van der Waals surface area contributed by atoms with Crippen LogP contribution >= 0.6 is 0 Å². The van der Waals surface area contributed by atoms with Gasteiger partial charge in [-0.05, 0) is 32.6 Å². The Balaban J connectivity index is 2.28. The van der Waals surface area contributed by atoms with E-state index < -0.39 is 12.0 Å². The second kappa shape index (κ2) is 4.57. The van der Waals surface area contributed by atoms with E-state index in [9.17, 15) is 10.2 Å². The smallest absolute Gasteiger partial charge is 0.159 e. The lowest BCUT2D eigenvalue weighted by atomic mass is 10.0. The molecule has 3 N–H and O–H groups in total. The van der Waals surface area contributed by atoms with Gasteiger partial charge in [-0.3, -0.25) is 5.32 Å². The molecule has 1 saturated heterocycles. The molecular weight excluding hydrogens is 182 g/mol. The van der Waals surface area contributed by atoms with Crippen molar-refractivity contribution in [1.29, 1.82) is 0 Å². The fourth-order valence-corrected chi connectivity index (χ4v) is 1.75. The van der Waals surface area contributed by atoms with E-state index in [0.29, 0.717) is 12.5 Å². The van der Waals surface area contributed by atoms with E-state index >= 15 is 0 Å². The van der Waals surface area contributed by atoms with Gasteiger partial charge in [-0.15, -0.1) is 0 Å². The normalized spacial score (nSPS) is 33.6. The molecule has 1 aliphatic rings. The molecule has 0 aliphatic carbocycles. The molecule has 3 unspecified atom stereocenters. The van der Waals surface area contributed by atoms with Crippen LogP contribution in [-0.2, 0) is 4.74 Å². The minimum atomic E-state index is -1.09. The Morgan fingerprint density at radius 3 is 2.57 bits per heavy atom. The van der Waals surface area contributed by atoms with Crippen molar-refractivity contribution in [2.24, 2.45) is 5.92 Å². The highest BCUT2D eigenvalue weighted by Gasteiger charge is 2.31. The van der Waals surface area contributed by atoms with Crippen LogP contribution in [0.2, 0.25) is 0 Å². The van der Waals surface area contributed by atoms with Crippen molar-refractivity contribution in [3.8, 4) is 0 Å². The molecule has 0 amide bonds. The van der Waals surface area contributed by atoms with Crippen LogP contribution in [0.25, 0.3) is 0 Å². The van der Waals surface area contributed by atoms with Gasteiger partial charge in [0.25, 0.3) is 0 Å². The molecule has 4 nitrogen and oxygen atoms in total. The summed E-state index contributed by atoms with van der Waals surface area (Å²) >= 11 is 0. The fourth-order valence-electron chi connectivity index (χ4n) is 1.75. The van der Waals surface area contributed by atoms with Crippen LogP contribution < -0.4 is 5.32 Å². The van der Waals surface area contributed by atoms with Crippen molar-refractivity contribution in [2.75, 3.05) is 6.61 Å². The fraction of sp³-hybridized carbons (Fsp3) is 1.00. The van der Waals surface area contributed by atoms with E-state index in [2.05, 4.69) is 12.2 Å². The molecule has 84 valence electrons. The number of hydrogen-bond donors (Lipinski definition) is 3. The first-order chi connectivity index (χ1) is 6.42. The molecule has 3 atom stereocenters. The van der Waals surface area contributed by atoms with E-state index in [4.69, 9.17) is 4.74 Å². The first-order valence-corrected chi connectivity index (χ1v) is 5.23. The third-order valence-electron chi connectivity index (χ3n) is 2.60. The zero-order valence-electron chi connectivity index (χ0n) is 9.16. The summed E-state index contributed by atoms with van der Waals surface area (Å²) in [5.74, 6) is -0.776. The number of nitrogens with one attached hydrogen (secondary N) is 1. The van der Waals surface area contributed by atoms with Gasteiger partial charge >= 0.3 is 0 Å². The molecule has 0 aromatic heterocycles. The highest BCUT2D eigenvalue weighted by Crippen LogP contribution is 2.22. The van der Waals surface area contributed by atoms with Crippen LogP contribution in [0.4, 0.5) is 0 Å². The largest absolute Gasteiger partial charge is 0.378 e. The first-order valence-electron chi connectivity index (χ1n) is 5.23. The molecule has 0 radical (unpaired) electrons. The minimum absolute atomic E-state index is 0.154. The van der Waals surface area contributed by atoms with E-state index in [1.54, 1.807) is 13.8 Å². The van der Waals surface area contributed by atoms with Gasteiger partial charge in [-0.2, -0.15) is 0 Å². The maximum absolute atomic E-state index is 9.56. The summed E-state index contributed by atoms with van der Waals surface area (Å²) in [6.07, 6.45) is 1.46. The molecule has 0 spiro atoms. The van der Waals surface area contributed by atoms with Crippen LogP contribution in [0.1, 0.15) is 33.6 Å². The number of hydrogen-bond acceptors (Lipinski definition) is 4. The Kier molecular flexibility index (Phi) is 3.89. The predicted octanol–water partition coefficient (Wildman–Crippen LogP) is 0.438. The topological polar surface area (TPSA) is 61.7 Å². The van der Waals surface area contributed by atoms with Gasteiger partial charge < -0.3 is 14.9 Å². The second-order valence-corrected chi connectivity index (χ2v) is 4.47. The Hall–Kier alpha value is -0.160. The third kappa shape index (κ3) is 3.53. The lowest BCUT2D eigenvalue weighted by Gasteiger charge is -2.21. The summed E-state index contributed by atoms with van der Waals surface area (Å²) in [7, 11) is 0. The molecule has 0 aromatic rings. The predicted molar refractivity (Wildman–Crippen MR) is 53.6 cm³/mol. The van der Waals surface area contributed by atoms with E-state index in [1.807, 2.05) is 0 Å². The van der Waals surface area contributed by atoms with Gasteiger partial charge in [0.1, 0.15) is 6.23 Å². The molecule has 1 heterocycles. The number of aliphatic hydroxyl groups excluding tert-OH is 1. The van der Waals surface area contributed by atoms with E-state index in [-0.39, 0.29) is 6.04 Å². The molecule has 0 saturated carbocycles. The average Bonchev–Trinajstić information content (AvgIpc) is 2.42. The highest BCUT2D eigenvalue weighted by molar-refractivity contribution is 4.84. The molecule has 1 aliphatic heterocycles. The zero-order chi connectivity index (χ0) is 10.8. The van der Waals surface area contributed by atoms with Gasteiger partial charge in [-0.25, -0.2) is 0 Å². The Bertz CT molecular complexity index is 179. The van der Waals surface area contributed by atoms with Crippen LogP contribution in [0.3, 0.4) is 0 Å². The van der Waals surface area contributed by atoms with Gasteiger partial charge in [0.05, 0.1) is 6.61 Å². The summed E-state index contributed by atoms with van der Waals surface area (Å²) in [5, 5.41) is 22.0. The molecule has 0 bridgehead atoms. The average molecular weight is 203 g/mol. The molecule has 14 heavy (non-hydrogen) atoms. The monoisotopic (exact) mass is 203 g/mol. The Morgan fingerprint density at radius 1 is 1.50 bits per heavy atom. The van der Waals surface area contributed by atoms with Crippen LogP contribution in [-0.4, -0.2) is 34.9 Å². The second-order valence-electron chi connectivity index (χ2n) is 4.47. The quantitative estimate of drug-likeness (QED) is 0.580. The molecule has 1 fully saturated rings. The molecule has 0 aromatic carbocycles. The SMILES string of the molecule is CCC1CC(COC(C)(C)O)NC1O. The summed E-state index contributed by atoms with van der Waals surface area (Å²) in [5.41, 5.74) is 0. The van der Waals surface area contributed by atoms with E-state index in [0.717, 1.165) is 12.8 Å². The highest BCUT2D eigenvalue weighted by atomic mass is 16.6. The summed E-state index contributed by atoms with van der Waals surface area (Å²) < 4.78 is 5.24. The number of ether oxygens (including phenoxy) is 1.